The molecular formula is C53H65Cl2Zr. The molecule has 0 aliphatic heterocycles. The van der Waals surface area contributed by atoms with Crippen LogP contribution in [0.25, 0.3) is 25.6 Å². The molecule has 0 saturated heterocycles. The Hall–Kier alpha value is -2.44. The van der Waals surface area contributed by atoms with Gasteiger partial charge in [-0.1, -0.05) is 0 Å². The second kappa shape index (κ2) is 16.0. The van der Waals surface area contributed by atoms with Gasteiger partial charge in [-0.15, -0.1) is 0 Å². The second-order valence-electron chi connectivity index (χ2n) is 21.2. The molecule has 0 nitrogen and oxygen atoms in total. The molecule has 1 atom stereocenters. The summed E-state index contributed by atoms with van der Waals surface area (Å²) in [5.74, 6) is 0.373. The minimum Gasteiger partial charge on any atom is -1.00 e. The van der Waals surface area contributed by atoms with E-state index in [0.29, 0.717) is 5.92 Å². The maximum absolute atomic E-state index is 2.60. The van der Waals surface area contributed by atoms with Crippen LogP contribution in [0.4, 0.5) is 0 Å². The van der Waals surface area contributed by atoms with Crippen LogP contribution in [0.2, 0.25) is 0 Å². The van der Waals surface area contributed by atoms with E-state index in [4.69, 9.17) is 0 Å². The first kappa shape index (κ1) is 46.3. The molecule has 56 heavy (non-hydrogen) atoms. The molecule has 0 heterocycles. The van der Waals surface area contributed by atoms with E-state index in [0.717, 1.165) is 6.42 Å². The molecule has 0 saturated carbocycles. The van der Waals surface area contributed by atoms with Crippen molar-refractivity contribution >= 4 is 14.4 Å². The molecule has 295 valence electrons. The first-order valence-corrected chi connectivity index (χ1v) is 21.5. The van der Waals surface area contributed by atoms with Crippen LogP contribution >= 0.6 is 0 Å². The summed E-state index contributed by atoms with van der Waals surface area (Å²) in [6, 6.07) is 28.9. The van der Waals surface area contributed by atoms with Crippen LogP contribution < -0.4 is 35.3 Å². The molecule has 0 radical (unpaired) electrons. The molecule has 4 aromatic carbocycles. The van der Waals surface area contributed by atoms with Gasteiger partial charge in [0.25, 0.3) is 0 Å². The molecule has 0 amide bonds. The van der Waals surface area contributed by atoms with Crippen molar-refractivity contribution in [1.29, 1.82) is 0 Å². The van der Waals surface area contributed by atoms with Crippen LogP contribution in [0.5, 0.6) is 0 Å². The predicted octanol–water partition coefficient (Wildman–Crippen LogP) is 7.21. The fourth-order valence-electron chi connectivity index (χ4n) is 8.45. The Bertz CT molecular complexity index is 2240. The summed E-state index contributed by atoms with van der Waals surface area (Å²) in [4.78, 5) is 0. The third kappa shape index (κ3) is 8.78. The summed E-state index contributed by atoms with van der Waals surface area (Å²) in [6.45, 7) is 37.7. The van der Waals surface area contributed by atoms with Crippen molar-refractivity contribution in [3.8, 4) is 11.1 Å². The number of halogens is 2. The second-order valence-corrected chi connectivity index (χ2v) is 22.5. The minimum atomic E-state index is -0.132. The Balaban J connectivity index is 0.00000348. The topological polar surface area (TPSA) is 0 Å². The fourth-order valence-corrected chi connectivity index (χ4v) is 9.60. The number of fused-ring (bicyclic) bond motifs is 3. The van der Waals surface area contributed by atoms with Gasteiger partial charge in [0.05, 0.1) is 0 Å². The summed E-state index contributed by atoms with van der Waals surface area (Å²) >= 11 is 1.47. The van der Waals surface area contributed by atoms with Gasteiger partial charge >= 0.3 is 346 Å². The van der Waals surface area contributed by atoms with Crippen molar-refractivity contribution in [1.82, 2.24) is 0 Å². The first-order chi connectivity index (χ1) is 24.8. The summed E-state index contributed by atoms with van der Waals surface area (Å²) in [7, 11) is 0. The smallest absolute Gasteiger partial charge is 1.00 e. The third-order valence-corrected chi connectivity index (χ3v) is 13.1. The summed E-state index contributed by atoms with van der Waals surface area (Å²) in [5, 5.41) is 2.83. The van der Waals surface area contributed by atoms with E-state index in [1.54, 1.807) is 0 Å². The molecule has 6 rings (SSSR count). The molecule has 3 heteroatoms. The number of benzene rings is 4. The average molecular weight is 864 g/mol. The molecule has 0 bridgehead atoms. The maximum atomic E-state index is 2.60. The van der Waals surface area contributed by atoms with Gasteiger partial charge in [0.2, 0.25) is 0 Å². The van der Waals surface area contributed by atoms with Crippen molar-refractivity contribution in [2.24, 2.45) is 11.3 Å². The van der Waals surface area contributed by atoms with Crippen LogP contribution in [-0.2, 0) is 46.4 Å². The van der Waals surface area contributed by atoms with Crippen LogP contribution in [0.1, 0.15) is 162 Å². The van der Waals surface area contributed by atoms with Gasteiger partial charge in [0, 0.05) is 0 Å². The maximum Gasteiger partial charge on any atom is -1.00 e. The van der Waals surface area contributed by atoms with Gasteiger partial charge in [-0.25, -0.2) is 0 Å². The summed E-state index contributed by atoms with van der Waals surface area (Å²) in [6.07, 6.45) is 6.26. The molecule has 0 fully saturated rings. The molecular weight excluding hydrogens is 799 g/mol. The van der Waals surface area contributed by atoms with Crippen molar-refractivity contribution in [2.45, 2.75) is 139 Å². The Kier molecular flexibility index (Phi) is 13.2. The minimum absolute atomic E-state index is 0. The van der Waals surface area contributed by atoms with Crippen LogP contribution in [0.15, 0.2) is 90.5 Å². The van der Waals surface area contributed by atoms with Gasteiger partial charge in [0.1, 0.15) is 0 Å². The standard InChI is InChI=1S/C53H65.2ClH.Zr/c1-17-33-28-40(52(11,12)13)31-42(33)47-44-30-36-29-39(51(8,9)10)26-27-41(36)43(44)32-45(48(47)53(14,15)16)46(34-18-22-37(23-19-34)49(2,3)4)35-20-24-38(25-21-35)50(5,6)7;;;/h18-29,31-33H,17H2,1-16H3;2*1H;/q;;;+2/p-2. The number of hydrogen-bond donors (Lipinski definition) is 0. The van der Waals surface area contributed by atoms with E-state index < -0.39 is 0 Å². The van der Waals surface area contributed by atoms with E-state index in [-0.39, 0.29) is 51.9 Å². The van der Waals surface area contributed by atoms with Gasteiger partial charge in [-0.3, -0.25) is 0 Å². The average Bonchev–Trinajstić information content (AvgIpc) is 3.62. The van der Waals surface area contributed by atoms with Crippen molar-refractivity contribution in [2.75, 3.05) is 0 Å². The largest absolute Gasteiger partial charge is 1.00 e. The Morgan fingerprint density at radius 3 is 1.41 bits per heavy atom. The Morgan fingerprint density at radius 2 is 1.00 bits per heavy atom. The zero-order chi connectivity index (χ0) is 39.9. The number of hydrogen-bond acceptors (Lipinski definition) is 0. The Labute approximate surface area is 368 Å². The molecule has 0 aromatic heterocycles. The van der Waals surface area contributed by atoms with Gasteiger partial charge < -0.3 is 24.8 Å². The van der Waals surface area contributed by atoms with Crippen LogP contribution in [-0.4, -0.2) is 0 Å². The number of rotatable bonds is 4. The molecule has 2 aliphatic rings. The SMILES string of the molecule is CCC1C=C(C(C)(C)C)C=C1c1c(C(C)(C)C)c(=C(c2ccc(C(C)(C)C)cc2)c2ccc(C(C)(C)C)cc2)cc2c1=[C]([Zr+2])c1cc(C(C)(C)C)ccc1-2.[Cl-].[Cl-]. The van der Waals surface area contributed by atoms with Gasteiger partial charge in [-0.2, -0.15) is 0 Å². The van der Waals surface area contributed by atoms with Gasteiger partial charge in [0.15, 0.2) is 0 Å². The predicted molar refractivity (Wildman–Crippen MR) is 232 cm³/mol. The summed E-state index contributed by atoms with van der Waals surface area (Å²) < 4.78 is 1.50. The van der Waals surface area contributed by atoms with Crippen molar-refractivity contribution < 1.29 is 49.5 Å². The zero-order valence-electron chi connectivity index (χ0n) is 37.1. The molecule has 0 spiro atoms. The quantitative estimate of drug-likeness (QED) is 0.204. The van der Waals surface area contributed by atoms with E-state index in [2.05, 4.69) is 196 Å². The van der Waals surface area contributed by atoms with Gasteiger partial charge in [-0.05, 0) is 0 Å². The van der Waals surface area contributed by atoms with Crippen molar-refractivity contribution in [3.63, 3.8) is 0 Å². The molecule has 4 aromatic rings. The van der Waals surface area contributed by atoms with Crippen LogP contribution in [0.3, 0.4) is 0 Å². The van der Waals surface area contributed by atoms with E-state index in [1.165, 1.54) is 111 Å². The van der Waals surface area contributed by atoms with E-state index in [9.17, 15) is 0 Å². The van der Waals surface area contributed by atoms with E-state index >= 15 is 0 Å². The molecule has 1 unspecified atom stereocenters. The fraction of sp³-hybridized carbons (Fsp3) is 0.434. The summed E-state index contributed by atoms with van der Waals surface area (Å²) in [5.41, 5.74) is 18.3. The number of allylic oxidation sites excluding steroid dienone is 4. The van der Waals surface area contributed by atoms with E-state index in [1.807, 2.05) is 0 Å². The normalized spacial score (nSPS) is 15.8. The molecule has 0 N–H and O–H groups in total. The third-order valence-electron chi connectivity index (χ3n) is 11.8. The van der Waals surface area contributed by atoms with Crippen LogP contribution in [0, 0.1) is 11.3 Å². The van der Waals surface area contributed by atoms with Crippen molar-refractivity contribution in [3.05, 3.63) is 145 Å². The first-order valence-electron chi connectivity index (χ1n) is 20.3. The zero-order valence-corrected chi connectivity index (χ0v) is 41.1. The molecule has 2 aliphatic carbocycles. The Morgan fingerprint density at radius 1 is 0.536 bits per heavy atom. The monoisotopic (exact) mass is 861 g/mol.